The average molecular weight is 358 g/mol. The smallest absolute Gasteiger partial charge is 0.251 e. The van der Waals surface area contributed by atoms with Gasteiger partial charge in [0.25, 0.3) is 5.91 Å². The Kier molecular flexibility index (Phi) is 4.11. The van der Waals surface area contributed by atoms with Gasteiger partial charge in [-0.1, -0.05) is 6.07 Å². The van der Waals surface area contributed by atoms with Crippen LogP contribution in [0.3, 0.4) is 0 Å². The third-order valence-corrected chi connectivity index (χ3v) is 3.95. The summed E-state index contributed by atoms with van der Waals surface area (Å²) in [5.41, 5.74) is 3.47. The van der Waals surface area contributed by atoms with Gasteiger partial charge in [0.2, 0.25) is 0 Å². The van der Waals surface area contributed by atoms with E-state index in [1.165, 1.54) is 0 Å². The highest BCUT2D eigenvalue weighted by atomic mass is 127. The van der Waals surface area contributed by atoms with Crippen molar-refractivity contribution in [3.05, 3.63) is 49.5 Å². The second kappa shape index (κ2) is 5.59. The van der Waals surface area contributed by atoms with Crippen LogP contribution in [0.25, 0.3) is 0 Å². The van der Waals surface area contributed by atoms with Crippen molar-refractivity contribution in [3.63, 3.8) is 0 Å². The molecule has 2 aromatic rings. The lowest BCUT2D eigenvalue weighted by atomic mass is 10.2. The molecule has 1 N–H and O–H groups in total. The summed E-state index contributed by atoms with van der Waals surface area (Å²) >= 11 is 3.76. The van der Waals surface area contributed by atoms with E-state index in [2.05, 4.69) is 32.9 Å². The molecule has 0 radical (unpaired) electrons. The molecule has 0 atom stereocenters. The first-order valence-electron chi connectivity index (χ1n) is 5.09. The zero-order valence-corrected chi connectivity index (χ0v) is 12.2. The topological polar surface area (TPSA) is 42.0 Å². The Balaban J connectivity index is 2.01. The van der Waals surface area contributed by atoms with Gasteiger partial charge in [-0.15, -0.1) is 11.3 Å². The summed E-state index contributed by atoms with van der Waals surface area (Å²) in [6, 6.07) is 7.53. The van der Waals surface area contributed by atoms with Crippen LogP contribution in [-0.4, -0.2) is 10.9 Å². The quantitative estimate of drug-likeness (QED) is 0.858. The lowest BCUT2D eigenvalue weighted by Crippen LogP contribution is -2.22. The molecule has 88 valence electrons. The zero-order chi connectivity index (χ0) is 12.3. The van der Waals surface area contributed by atoms with Crippen LogP contribution in [0.2, 0.25) is 0 Å². The number of aromatic nitrogens is 1. The van der Waals surface area contributed by atoms with Gasteiger partial charge in [-0.3, -0.25) is 4.79 Å². The van der Waals surface area contributed by atoms with Crippen LogP contribution < -0.4 is 5.32 Å². The van der Waals surface area contributed by atoms with Gasteiger partial charge >= 0.3 is 0 Å². The summed E-state index contributed by atoms with van der Waals surface area (Å²) in [5.74, 6) is -0.0451. The first kappa shape index (κ1) is 12.5. The highest BCUT2D eigenvalue weighted by Gasteiger charge is 2.07. The molecule has 1 heterocycles. The summed E-state index contributed by atoms with van der Waals surface area (Å²) in [6.07, 6.45) is 0. The van der Waals surface area contributed by atoms with Crippen molar-refractivity contribution in [2.75, 3.05) is 0 Å². The van der Waals surface area contributed by atoms with Crippen LogP contribution >= 0.6 is 33.9 Å². The fourth-order valence-corrected chi connectivity index (χ4v) is 2.65. The van der Waals surface area contributed by atoms with Gasteiger partial charge < -0.3 is 5.32 Å². The molecule has 0 saturated carbocycles. The maximum atomic E-state index is 11.9. The van der Waals surface area contributed by atoms with Crippen molar-refractivity contribution in [1.82, 2.24) is 10.3 Å². The molecule has 0 bridgehead atoms. The van der Waals surface area contributed by atoms with Crippen LogP contribution in [-0.2, 0) is 6.54 Å². The van der Waals surface area contributed by atoms with Crippen molar-refractivity contribution in [2.24, 2.45) is 0 Å². The molecule has 2 rings (SSSR count). The standard InChI is InChI=1S/C12H11IN2OS/c1-8-11(17-7-15-8)6-14-12(16)9-3-2-4-10(13)5-9/h2-5,7H,6H2,1H3,(H,14,16). The summed E-state index contributed by atoms with van der Waals surface area (Å²) in [4.78, 5) is 17.1. The Labute approximate surface area is 117 Å². The van der Waals surface area contributed by atoms with Gasteiger partial charge in [0.15, 0.2) is 0 Å². The molecule has 0 aliphatic heterocycles. The van der Waals surface area contributed by atoms with Crippen LogP contribution in [0.15, 0.2) is 29.8 Å². The van der Waals surface area contributed by atoms with E-state index in [9.17, 15) is 4.79 Å². The number of carbonyl (C=O) groups excluding carboxylic acids is 1. The molecule has 3 nitrogen and oxygen atoms in total. The Morgan fingerprint density at radius 1 is 1.53 bits per heavy atom. The molecule has 0 saturated heterocycles. The number of aryl methyl sites for hydroxylation is 1. The number of halogens is 1. The summed E-state index contributed by atoms with van der Waals surface area (Å²) in [5, 5.41) is 2.90. The minimum Gasteiger partial charge on any atom is -0.347 e. The number of nitrogens with zero attached hydrogens (tertiary/aromatic N) is 1. The SMILES string of the molecule is Cc1ncsc1CNC(=O)c1cccc(I)c1. The second-order valence-corrected chi connectivity index (χ2v) is 5.74. The normalized spacial score (nSPS) is 10.2. The Morgan fingerprint density at radius 3 is 3.00 bits per heavy atom. The first-order valence-corrected chi connectivity index (χ1v) is 7.05. The minimum absolute atomic E-state index is 0.0451. The third-order valence-electron chi connectivity index (χ3n) is 2.34. The molecule has 0 fully saturated rings. The van der Waals surface area contributed by atoms with E-state index in [1.807, 2.05) is 31.2 Å². The third kappa shape index (κ3) is 3.26. The van der Waals surface area contributed by atoms with Crippen molar-refractivity contribution in [3.8, 4) is 0 Å². The molecule has 0 aliphatic rings. The van der Waals surface area contributed by atoms with E-state index in [0.717, 1.165) is 14.1 Å². The number of rotatable bonds is 3. The monoisotopic (exact) mass is 358 g/mol. The number of nitrogens with one attached hydrogen (secondary N) is 1. The second-order valence-electron chi connectivity index (χ2n) is 3.55. The fourth-order valence-electron chi connectivity index (χ4n) is 1.39. The van der Waals surface area contributed by atoms with Crippen LogP contribution in [0, 0.1) is 10.5 Å². The Bertz CT molecular complexity index is 539. The predicted octanol–water partition coefficient (Wildman–Crippen LogP) is 2.99. The molecule has 0 aliphatic carbocycles. The number of thiazole rings is 1. The van der Waals surface area contributed by atoms with Gasteiger partial charge in [0.1, 0.15) is 0 Å². The minimum atomic E-state index is -0.0451. The highest BCUT2D eigenvalue weighted by molar-refractivity contribution is 14.1. The van der Waals surface area contributed by atoms with Gasteiger partial charge in [0.05, 0.1) is 17.7 Å². The van der Waals surface area contributed by atoms with Crippen LogP contribution in [0.4, 0.5) is 0 Å². The maximum Gasteiger partial charge on any atom is 0.251 e. The van der Waals surface area contributed by atoms with Gasteiger partial charge in [-0.2, -0.15) is 0 Å². The molecule has 0 unspecified atom stereocenters. The summed E-state index contributed by atoms with van der Waals surface area (Å²) in [7, 11) is 0. The summed E-state index contributed by atoms with van der Waals surface area (Å²) in [6.45, 7) is 2.49. The van der Waals surface area contributed by atoms with Crippen molar-refractivity contribution in [2.45, 2.75) is 13.5 Å². The fraction of sp³-hybridized carbons (Fsp3) is 0.167. The van der Waals surface area contributed by atoms with Crippen LogP contribution in [0.5, 0.6) is 0 Å². The van der Waals surface area contributed by atoms with Crippen molar-refractivity contribution < 1.29 is 4.79 Å². The maximum absolute atomic E-state index is 11.9. The van der Waals surface area contributed by atoms with Gasteiger partial charge in [0, 0.05) is 14.0 Å². The predicted molar refractivity (Wildman–Crippen MR) is 77.2 cm³/mol. The first-order chi connectivity index (χ1) is 8.16. The van der Waals surface area contributed by atoms with Crippen molar-refractivity contribution in [1.29, 1.82) is 0 Å². The van der Waals surface area contributed by atoms with Gasteiger partial charge in [-0.05, 0) is 47.7 Å². The van der Waals surface area contributed by atoms with Crippen LogP contribution in [0.1, 0.15) is 20.9 Å². The van der Waals surface area contributed by atoms with E-state index >= 15 is 0 Å². The molecular weight excluding hydrogens is 347 g/mol. The number of hydrogen-bond acceptors (Lipinski definition) is 3. The largest absolute Gasteiger partial charge is 0.347 e. The van der Waals surface area contributed by atoms with E-state index in [1.54, 1.807) is 16.8 Å². The highest BCUT2D eigenvalue weighted by Crippen LogP contribution is 2.12. The Hall–Kier alpha value is -0.950. The van der Waals surface area contributed by atoms with E-state index < -0.39 is 0 Å². The number of amides is 1. The molecule has 0 spiro atoms. The van der Waals surface area contributed by atoms with E-state index in [4.69, 9.17) is 0 Å². The lowest BCUT2D eigenvalue weighted by Gasteiger charge is -2.04. The average Bonchev–Trinajstić information content (AvgIpc) is 2.72. The molecule has 1 amide bonds. The number of hydrogen-bond donors (Lipinski definition) is 1. The molecule has 1 aromatic carbocycles. The number of carbonyl (C=O) groups is 1. The van der Waals surface area contributed by atoms with E-state index in [0.29, 0.717) is 12.1 Å². The molecule has 17 heavy (non-hydrogen) atoms. The van der Waals surface area contributed by atoms with Gasteiger partial charge in [-0.25, -0.2) is 4.98 Å². The summed E-state index contributed by atoms with van der Waals surface area (Å²) < 4.78 is 1.06. The van der Waals surface area contributed by atoms with E-state index in [-0.39, 0.29) is 5.91 Å². The van der Waals surface area contributed by atoms with Crippen molar-refractivity contribution >= 4 is 39.8 Å². The zero-order valence-electron chi connectivity index (χ0n) is 9.24. The molecule has 5 heteroatoms. The Morgan fingerprint density at radius 2 is 2.35 bits per heavy atom. The lowest BCUT2D eigenvalue weighted by molar-refractivity contribution is 0.0951. The molecular formula is C12H11IN2OS. The number of benzene rings is 1. The molecule has 1 aromatic heterocycles.